The topological polar surface area (TPSA) is 77.6 Å². The SMILES string of the molecule is O=C(NCCC(=O)N1CCN(c2ccccn2)CC1)Nc1cccc(I)c1. The van der Waals surface area contributed by atoms with Gasteiger partial charge in [-0.3, -0.25) is 4.79 Å². The molecular formula is C19H22IN5O2. The lowest BCUT2D eigenvalue weighted by Gasteiger charge is -2.35. The van der Waals surface area contributed by atoms with E-state index >= 15 is 0 Å². The van der Waals surface area contributed by atoms with E-state index in [1.54, 1.807) is 6.20 Å². The number of benzene rings is 1. The Morgan fingerprint density at radius 2 is 1.89 bits per heavy atom. The van der Waals surface area contributed by atoms with Gasteiger partial charge in [0, 0.05) is 54.6 Å². The molecule has 1 aliphatic heterocycles. The van der Waals surface area contributed by atoms with Gasteiger partial charge >= 0.3 is 6.03 Å². The molecule has 0 saturated carbocycles. The van der Waals surface area contributed by atoms with Crippen LogP contribution in [-0.2, 0) is 4.79 Å². The van der Waals surface area contributed by atoms with Gasteiger partial charge in [-0.2, -0.15) is 0 Å². The Balaban J connectivity index is 1.37. The summed E-state index contributed by atoms with van der Waals surface area (Å²) in [4.78, 5) is 32.6. The summed E-state index contributed by atoms with van der Waals surface area (Å²) in [6.07, 6.45) is 2.07. The monoisotopic (exact) mass is 479 g/mol. The summed E-state index contributed by atoms with van der Waals surface area (Å²) in [5.41, 5.74) is 0.733. The minimum absolute atomic E-state index is 0.0604. The van der Waals surface area contributed by atoms with E-state index in [0.29, 0.717) is 26.1 Å². The number of anilines is 2. The number of aromatic nitrogens is 1. The first-order chi connectivity index (χ1) is 13.1. The summed E-state index contributed by atoms with van der Waals surface area (Å²) >= 11 is 2.19. The first-order valence-electron chi connectivity index (χ1n) is 8.86. The number of rotatable bonds is 5. The number of carbonyl (C=O) groups is 2. The van der Waals surface area contributed by atoms with E-state index in [-0.39, 0.29) is 11.9 Å². The number of hydrogen-bond donors (Lipinski definition) is 2. The third-order valence-electron chi connectivity index (χ3n) is 4.31. The summed E-state index contributed by atoms with van der Waals surface area (Å²) in [6.45, 7) is 3.19. The van der Waals surface area contributed by atoms with E-state index in [9.17, 15) is 9.59 Å². The molecular weight excluding hydrogens is 457 g/mol. The molecule has 0 unspecified atom stereocenters. The number of amides is 3. The third kappa shape index (κ3) is 5.81. The van der Waals surface area contributed by atoms with Crippen LogP contribution >= 0.6 is 22.6 Å². The van der Waals surface area contributed by atoms with Gasteiger partial charge in [0.25, 0.3) is 0 Å². The zero-order valence-corrected chi connectivity index (χ0v) is 17.1. The molecule has 0 atom stereocenters. The van der Waals surface area contributed by atoms with E-state index in [1.807, 2.05) is 47.4 Å². The van der Waals surface area contributed by atoms with Crippen molar-refractivity contribution in [1.29, 1.82) is 0 Å². The number of urea groups is 1. The van der Waals surface area contributed by atoms with Crippen LogP contribution in [-0.4, -0.2) is 54.5 Å². The van der Waals surface area contributed by atoms with Crippen molar-refractivity contribution in [1.82, 2.24) is 15.2 Å². The second-order valence-corrected chi connectivity index (χ2v) is 7.44. The highest BCUT2D eigenvalue weighted by Gasteiger charge is 2.21. The van der Waals surface area contributed by atoms with Crippen molar-refractivity contribution in [2.45, 2.75) is 6.42 Å². The zero-order chi connectivity index (χ0) is 19.1. The lowest BCUT2D eigenvalue weighted by Crippen LogP contribution is -2.49. The van der Waals surface area contributed by atoms with Crippen LogP contribution in [0.2, 0.25) is 0 Å². The maximum Gasteiger partial charge on any atom is 0.319 e. The van der Waals surface area contributed by atoms with Gasteiger partial charge in [0.2, 0.25) is 5.91 Å². The molecule has 0 spiro atoms. The number of pyridine rings is 1. The van der Waals surface area contributed by atoms with Crippen molar-refractivity contribution in [2.24, 2.45) is 0 Å². The van der Waals surface area contributed by atoms with E-state index < -0.39 is 0 Å². The fraction of sp³-hybridized carbons (Fsp3) is 0.316. The minimum Gasteiger partial charge on any atom is -0.353 e. The van der Waals surface area contributed by atoms with Crippen LogP contribution in [0.4, 0.5) is 16.3 Å². The molecule has 8 heteroatoms. The Morgan fingerprint density at radius 3 is 2.59 bits per heavy atom. The van der Waals surface area contributed by atoms with Gasteiger partial charge in [-0.05, 0) is 52.9 Å². The van der Waals surface area contributed by atoms with Gasteiger partial charge in [-0.1, -0.05) is 12.1 Å². The second kappa shape index (κ2) is 9.54. The van der Waals surface area contributed by atoms with Crippen molar-refractivity contribution >= 4 is 46.0 Å². The molecule has 1 aromatic heterocycles. The third-order valence-corrected chi connectivity index (χ3v) is 4.98. The number of carbonyl (C=O) groups excluding carboxylic acids is 2. The predicted octanol–water partition coefficient (Wildman–Crippen LogP) is 2.55. The number of hydrogen-bond acceptors (Lipinski definition) is 4. The number of halogens is 1. The molecule has 27 heavy (non-hydrogen) atoms. The fourth-order valence-electron chi connectivity index (χ4n) is 2.91. The van der Waals surface area contributed by atoms with Crippen LogP contribution in [0.15, 0.2) is 48.7 Å². The molecule has 2 heterocycles. The van der Waals surface area contributed by atoms with E-state index in [2.05, 4.69) is 43.1 Å². The van der Waals surface area contributed by atoms with Crippen molar-refractivity contribution in [2.75, 3.05) is 42.9 Å². The first-order valence-corrected chi connectivity index (χ1v) is 9.94. The molecule has 0 radical (unpaired) electrons. The number of nitrogens with zero attached hydrogens (tertiary/aromatic N) is 3. The highest BCUT2D eigenvalue weighted by atomic mass is 127. The Bertz CT molecular complexity index is 779. The van der Waals surface area contributed by atoms with Crippen molar-refractivity contribution in [3.05, 3.63) is 52.2 Å². The van der Waals surface area contributed by atoms with Gasteiger partial charge in [0.15, 0.2) is 0 Å². The number of piperazine rings is 1. The molecule has 142 valence electrons. The average Bonchev–Trinajstić information content (AvgIpc) is 2.69. The average molecular weight is 479 g/mol. The summed E-state index contributed by atoms with van der Waals surface area (Å²) in [6, 6.07) is 13.1. The van der Waals surface area contributed by atoms with E-state index in [4.69, 9.17) is 0 Å². The molecule has 2 N–H and O–H groups in total. The van der Waals surface area contributed by atoms with Gasteiger partial charge in [0.1, 0.15) is 5.82 Å². The van der Waals surface area contributed by atoms with Crippen molar-refractivity contribution in [3.8, 4) is 0 Å². The summed E-state index contributed by atoms with van der Waals surface area (Å²) in [7, 11) is 0. The van der Waals surface area contributed by atoms with E-state index in [1.165, 1.54) is 0 Å². The normalized spacial score (nSPS) is 14.0. The highest BCUT2D eigenvalue weighted by molar-refractivity contribution is 14.1. The predicted molar refractivity (Wildman–Crippen MR) is 114 cm³/mol. The van der Waals surface area contributed by atoms with Crippen LogP contribution < -0.4 is 15.5 Å². The lowest BCUT2D eigenvalue weighted by molar-refractivity contribution is -0.131. The second-order valence-electron chi connectivity index (χ2n) is 6.20. The molecule has 3 rings (SSSR count). The van der Waals surface area contributed by atoms with Gasteiger partial charge < -0.3 is 20.4 Å². The largest absolute Gasteiger partial charge is 0.353 e. The van der Waals surface area contributed by atoms with Crippen molar-refractivity contribution < 1.29 is 9.59 Å². The van der Waals surface area contributed by atoms with Gasteiger partial charge in [-0.25, -0.2) is 9.78 Å². The Morgan fingerprint density at radius 1 is 1.07 bits per heavy atom. The maximum absolute atomic E-state index is 12.3. The molecule has 0 aliphatic carbocycles. The zero-order valence-electron chi connectivity index (χ0n) is 14.9. The maximum atomic E-state index is 12.3. The van der Waals surface area contributed by atoms with Crippen LogP contribution in [0, 0.1) is 3.57 Å². The van der Waals surface area contributed by atoms with Crippen LogP contribution in [0.3, 0.4) is 0 Å². The Hall–Kier alpha value is -2.36. The minimum atomic E-state index is -0.301. The Labute approximate surface area is 172 Å². The van der Waals surface area contributed by atoms with Crippen molar-refractivity contribution in [3.63, 3.8) is 0 Å². The molecule has 7 nitrogen and oxygen atoms in total. The lowest BCUT2D eigenvalue weighted by atomic mass is 10.2. The van der Waals surface area contributed by atoms with Crippen LogP contribution in [0.1, 0.15) is 6.42 Å². The molecule has 2 aromatic rings. The van der Waals surface area contributed by atoms with E-state index in [0.717, 1.165) is 28.2 Å². The molecule has 0 bridgehead atoms. The summed E-state index contributed by atoms with van der Waals surface area (Å²) in [5.74, 6) is 1.00. The molecule has 1 saturated heterocycles. The fourth-order valence-corrected chi connectivity index (χ4v) is 3.45. The summed E-state index contributed by atoms with van der Waals surface area (Å²) in [5, 5.41) is 5.50. The van der Waals surface area contributed by atoms with Crippen LogP contribution in [0.5, 0.6) is 0 Å². The molecule has 1 fully saturated rings. The van der Waals surface area contributed by atoms with Gasteiger partial charge in [-0.15, -0.1) is 0 Å². The molecule has 1 aliphatic rings. The first kappa shape index (κ1) is 19.4. The molecule has 1 aromatic carbocycles. The van der Waals surface area contributed by atoms with Gasteiger partial charge in [0.05, 0.1) is 0 Å². The number of nitrogens with one attached hydrogen (secondary N) is 2. The quantitative estimate of drug-likeness (QED) is 0.647. The highest BCUT2D eigenvalue weighted by Crippen LogP contribution is 2.13. The standard InChI is InChI=1S/C19H22IN5O2/c20-15-4-3-5-16(14-15)23-19(27)22-9-7-18(26)25-12-10-24(11-13-25)17-6-1-2-8-21-17/h1-6,8,14H,7,9-13H2,(H2,22,23,27). The summed E-state index contributed by atoms with van der Waals surface area (Å²) < 4.78 is 1.05. The smallest absolute Gasteiger partial charge is 0.319 e. The molecule has 3 amide bonds. The Kier molecular flexibility index (Phi) is 6.86. The van der Waals surface area contributed by atoms with Crippen LogP contribution in [0.25, 0.3) is 0 Å².